The average Bonchev–Trinajstić information content (AvgIpc) is 3.28. The van der Waals surface area contributed by atoms with Crippen molar-refractivity contribution in [3.8, 4) is 0 Å². The van der Waals surface area contributed by atoms with Crippen LogP contribution in [0.2, 0.25) is 0 Å². The Morgan fingerprint density at radius 2 is 1.82 bits per heavy atom. The molecule has 2 aromatic rings. The maximum Gasteiger partial charge on any atom is 0.262 e. The van der Waals surface area contributed by atoms with Gasteiger partial charge in [0.15, 0.2) is 0 Å². The molecule has 4 amide bonds. The number of piperidine rings is 1. The van der Waals surface area contributed by atoms with Crippen LogP contribution in [0.1, 0.15) is 57.7 Å². The van der Waals surface area contributed by atoms with Gasteiger partial charge in [0, 0.05) is 25.2 Å². The van der Waals surface area contributed by atoms with E-state index in [1.807, 2.05) is 25.2 Å². The van der Waals surface area contributed by atoms with Crippen LogP contribution in [0.5, 0.6) is 0 Å². The molecule has 0 spiro atoms. The summed E-state index contributed by atoms with van der Waals surface area (Å²) < 4.78 is 0. The summed E-state index contributed by atoms with van der Waals surface area (Å²) in [7, 11) is 2.00. The van der Waals surface area contributed by atoms with Crippen LogP contribution in [0.4, 0.5) is 5.69 Å². The van der Waals surface area contributed by atoms with E-state index in [-0.39, 0.29) is 36.4 Å². The number of rotatable bonds is 5. The number of hydrogen-bond acceptors (Lipinski definition) is 6. The van der Waals surface area contributed by atoms with E-state index in [1.54, 1.807) is 12.1 Å². The fraction of sp³-hybridized carbons (Fsp3) is 0.360. The first-order chi connectivity index (χ1) is 15.9. The summed E-state index contributed by atoms with van der Waals surface area (Å²) in [4.78, 5) is 53.1. The van der Waals surface area contributed by atoms with Crippen LogP contribution in [0.25, 0.3) is 0 Å². The molecule has 1 unspecified atom stereocenters. The highest BCUT2D eigenvalue weighted by molar-refractivity contribution is 6.23. The van der Waals surface area contributed by atoms with E-state index in [1.165, 1.54) is 11.1 Å². The Labute approximate surface area is 191 Å². The molecule has 2 heterocycles. The van der Waals surface area contributed by atoms with Crippen LogP contribution in [0, 0.1) is 0 Å². The minimum atomic E-state index is -0.962. The molecule has 3 aliphatic rings. The molecule has 2 N–H and O–H groups in total. The molecule has 170 valence electrons. The van der Waals surface area contributed by atoms with Crippen LogP contribution in [0.3, 0.4) is 0 Å². The summed E-state index contributed by atoms with van der Waals surface area (Å²) in [6.45, 7) is 2.93. The van der Waals surface area contributed by atoms with Crippen LogP contribution >= 0.6 is 0 Å². The second-order valence-electron chi connectivity index (χ2n) is 8.80. The van der Waals surface area contributed by atoms with Crippen molar-refractivity contribution in [2.45, 2.75) is 44.3 Å². The molecular formula is C25H26N4O4. The molecule has 3 atom stereocenters. The highest BCUT2D eigenvalue weighted by atomic mass is 16.2. The van der Waals surface area contributed by atoms with Crippen molar-refractivity contribution in [3.63, 3.8) is 0 Å². The maximum atomic E-state index is 13.2. The Morgan fingerprint density at radius 1 is 1.06 bits per heavy atom. The van der Waals surface area contributed by atoms with Gasteiger partial charge in [0.05, 0.1) is 17.2 Å². The maximum absolute atomic E-state index is 13.2. The smallest absolute Gasteiger partial charge is 0.262 e. The van der Waals surface area contributed by atoms with E-state index in [9.17, 15) is 19.2 Å². The largest absolute Gasteiger partial charge is 0.366 e. The number of likely N-dealkylation sites (N-methyl/N-ethyl adjacent to an activating group) is 2. The van der Waals surface area contributed by atoms with E-state index in [0.29, 0.717) is 5.56 Å². The number of nitrogens with one attached hydrogen (secondary N) is 2. The molecule has 8 nitrogen and oxygen atoms in total. The quantitative estimate of drug-likeness (QED) is 0.680. The standard InChI is InChI=1S/C25H26N4O4/c1-3-26-19-12-14-6-4-5-7-16(14)22(19)28(2)15-8-9-17-18(13-15)25(33)29(24(17)32)20-10-11-21(30)27-23(20)31/h4-9,13,19-20,22,26H,3,10-12H2,1-2H3,(H,27,30,31)/t19-,20?,22+/m1/s1. The van der Waals surface area contributed by atoms with Crippen molar-refractivity contribution >= 4 is 29.3 Å². The van der Waals surface area contributed by atoms with Crippen molar-refractivity contribution in [1.29, 1.82) is 0 Å². The fourth-order valence-corrected chi connectivity index (χ4v) is 5.34. The Kier molecular flexibility index (Phi) is 5.25. The van der Waals surface area contributed by atoms with Crippen LogP contribution in [0.15, 0.2) is 42.5 Å². The van der Waals surface area contributed by atoms with Gasteiger partial charge in [-0.05, 0) is 48.7 Å². The Morgan fingerprint density at radius 3 is 2.58 bits per heavy atom. The summed E-state index contributed by atoms with van der Waals surface area (Å²) in [5, 5.41) is 5.80. The second kappa shape index (κ2) is 8.12. The SMILES string of the molecule is CCN[C@@H]1Cc2ccccc2[C@@H]1N(C)c1ccc2c(c1)C(=O)N(C1CCC(=O)NC1=O)C2=O. The lowest BCUT2D eigenvalue weighted by atomic mass is 10.0. The molecule has 0 radical (unpaired) electrons. The van der Waals surface area contributed by atoms with Crippen LogP contribution < -0.4 is 15.5 Å². The lowest BCUT2D eigenvalue weighted by Gasteiger charge is -2.33. The van der Waals surface area contributed by atoms with Gasteiger partial charge in [0.2, 0.25) is 11.8 Å². The topological polar surface area (TPSA) is 98.8 Å². The number of carbonyl (C=O) groups is 4. The Hall–Kier alpha value is -3.52. The van der Waals surface area contributed by atoms with E-state index in [2.05, 4.69) is 34.6 Å². The number of amides is 4. The van der Waals surface area contributed by atoms with Gasteiger partial charge in [-0.25, -0.2) is 0 Å². The van der Waals surface area contributed by atoms with Crippen molar-refractivity contribution in [2.24, 2.45) is 0 Å². The number of fused-ring (bicyclic) bond motifs is 2. The second-order valence-corrected chi connectivity index (χ2v) is 8.80. The Balaban J connectivity index is 1.46. The van der Waals surface area contributed by atoms with E-state index in [4.69, 9.17) is 0 Å². The Bertz CT molecular complexity index is 1180. The van der Waals surface area contributed by atoms with Gasteiger partial charge in [0.25, 0.3) is 11.8 Å². The first-order valence-corrected chi connectivity index (χ1v) is 11.3. The molecule has 2 aliphatic heterocycles. The summed E-state index contributed by atoms with van der Waals surface area (Å²) in [6, 6.07) is 13.0. The molecule has 5 rings (SSSR count). The number of imide groups is 2. The third kappa shape index (κ3) is 3.41. The number of hydrogen-bond donors (Lipinski definition) is 2. The molecule has 2 aromatic carbocycles. The molecule has 8 heteroatoms. The summed E-state index contributed by atoms with van der Waals surface area (Å²) in [5.41, 5.74) is 3.96. The number of carbonyl (C=O) groups excluding carboxylic acids is 4. The highest BCUT2D eigenvalue weighted by Crippen LogP contribution is 2.39. The molecular weight excluding hydrogens is 420 g/mol. The molecule has 0 bridgehead atoms. The van der Waals surface area contributed by atoms with Gasteiger partial charge < -0.3 is 10.2 Å². The fourth-order valence-electron chi connectivity index (χ4n) is 5.34. The van der Waals surface area contributed by atoms with E-state index < -0.39 is 23.8 Å². The number of benzene rings is 2. The van der Waals surface area contributed by atoms with Crippen LogP contribution in [-0.2, 0) is 16.0 Å². The van der Waals surface area contributed by atoms with Gasteiger partial charge >= 0.3 is 0 Å². The zero-order valence-electron chi connectivity index (χ0n) is 18.6. The average molecular weight is 447 g/mol. The van der Waals surface area contributed by atoms with E-state index in [0.717, 1.165) is 23.6 Å². The zero-order valence-corrected chi connectivity index (χ0v) is 18.6. The zero-order chi connectivity index (χ0) is 23.3. The molecule has 0 aromatic heterocycles. The molecule has 1 aliphatic carbocycles. The van der Waals surface area contributed by atoms with Gasteiger partial charge in [0.1, 0.15) is 6.04 Å². The predicted octanol–water partition coefficient (Wildman–Crippen LogP) is 1.80. The first kappa shape index (κ1) is 21.3. The summed E-state index contributed by atoms with van der Waals surface area (Å²) in [5.74, 6) is -1.97. The summed E-state index contributed by atoms with van der Waals surface area (Å²) in [6.07, 6.45) is 1.17. The van der Waals surface area contributed by atoms with Gasteiger partial charge in [-0.1, -0.05) is 31.2 Å². The lowest BCUT2D eigenvalue weighted by molar-refractivity contribution is -0.136. The summed E-state index contributed by atoms with van der Waals surface area (Å²) >= 11 is 0. The third-order valence-electron chi connectivity index (χ3n) is 6.91. The predicted molar refractivity (Wildman–Crippen MR) is 122 cm³/mol. The lowest BCUT2D eigenvalue weighted by Crippen LogP contribution is -2.54. The molecule has 33 heavy (non-hydrogen) atoms. The van der Waals surface area contributed by atoms with Crippen LogP contribution in [-0.4, -0.2) is 54.2 Å². The minimum Gasteiger partial charge on any atom is -0.366 e. The van der Waals surface area contributed by atoms with Crippen molar-refractivity contribution in [3.05, 3.63) is 64.7 Å². The van der Waals surface area contributed by atoms with Crippen molar-refractivity contribution in [1.82, 2.24) is 15.5 Å². The molecule has 0 saturated carbocycles. The number of nitrogens with zero attached hydrogens (tertiary/aromatic N) is 2. The molecule has 1 saturated heterocycles. The molecule has 1 fully saturated rings. The monoisotopic (exact) mass is 446 g/mol. The van der Waals surface area contributed by atoms with E-state index >= 15 is 0 Å². The normalized spacial score (nSPS) is 24.1. The van der Waals surface area contributed by atoms with Crippen molar-refractivity contribution < 1.29 is 19.2 Å². The van der Waals surface area contributed by atoms with Gasteiger partial charge in [-0.3, -0.25) is 29.4 Å². The van der Waals surface area contributed by atoms with Gasteiger partial charge in [-0.15, -0.1) is 0 Å². The number of anilines is 1. The van der Waals surface area contributed by atoms with Gasteiger partial charge in [-0.2, -0.15) is 0 Å². The van der Waals surface area contributed by atoms with Crippen molar-refractivity contribution in [2.75, 3.05) is 18.5 Å². The highest BCUT2D eigenvalue weighted by Gasteiger charge is 2.45. The minimum absolute atomic E-state index is 0.0812. The first-order valence-electron chi connectivity index (χ1n) is 11.3. The third-order valence-corrected chi connectivity index (χ3v) is 6.91.